The van der Waals surface area contributed by atoms with Crippen molar-refractivity contribution >= 4 is 65.7 Å². The van der Waals surface area contributed by atoms with Crippen molar-refractivity contribution < 1.29 is 8.83 Å². The van der Waals surface area contributed by atoms with Gasteiger partial charge in [0.2, 0.25) is 0 Å². The van der Waals surface area contributed by atoms with Crippen LogP contribution in [0.3, 0.4) is 0 Å². The third kappa shape index (κ3) is 5.01. The number of rotatable bonds is 5. The van der Waals surface area contributed by atoms with Gasteiger partial charge in [0, 0.05) is 60.3 Å². The monoisotopic (exact) mass is 730 g/mol. The summed E-state index contributed by atoms with van der Waals surface area (Å²) in [5.41, 5.74) is 11.4. The molecule has 0 aliphatic carbocycles. The molecule has 0 saturated heterocycles. The second-order valence-corrected chi connectivity index (χ2v) is 14.4. The van der Waals surface area contributed by atoms with Crippen LogP contribution in [0.4, 0.5) is 0 Å². The van der Waals surface area contributed by atoms with Gasteiger partial charge in [-0.1, -0.05) is 127 Å². The second-order valence-electron chi connectivity index (χ2n) is 14.4. The molecule has 8 aromatic carbocycles. The van der Waals surface area contributed by atoms with Crippen LogP contribution in [-0.4, -0.2) is 19.5 Å². The fourth-order valence-corrected chi connectivity index (χ4v) is 8.39. The third-order valence-electron chi connectivity index (χ3n) is 11.1. The molecule has 0 N–H and O–H groups in total. The van der Waals surface area contributed by atoms with E-state index in [-0.39, 0.29) is 0 Å². The first-order valence-corrected chi connectivity index (χ1v) is 19.0. The minimum absolute atomic E-state index is 0.570. The molecule has 0 radical (unpaired) electrons. The van der Waals surface area contributed by atoms with Crippen molar-refractivity contribution in [3.05, 3.63) is 182 Å². The van der Waals surface area contributed by atoms with Gasteiger partial charge in [0.25, 0.3) is 0 Å². The third-order valence-corrected chi connectivity index (χ3v) is 11.1. The number of furan rings is 2. The van der Waals surface area contributed by atoms with E-state index in [1.807, 2.05) is 54.6 Å². The number of aromatic nitrogens is 4. The summed E-state index contributed by atoms with van der Waals surface area (Å²) in [6.45, 7) is 0. The minimum atomic E-state index is 0.570. The fourth-order valence-electron chi connectivity index (χ4n) is 8.39. The molecule has 0 bridgehead atoms. The smallest absolute Gasteiger partial charge is 0.164 e. The Morgan fingerprint density at radius 3 is 1.60 bits per heavy atom. The summed E-state index contributed by atoms with van der Waals surface area (Å²) in [4.78, 5) is 15.2. The molecule has 0 amide bonds. The Morgan fingerprint density at radius 2 is 0.860 bits per heavy atom. The lowest BCUT2D eigenvalue weighted by molar-refractivity contribution is 0.668. The van der Waals surface area contributed by atoms with Crippen LogP contribution in [0.2, 0.25) is 0 Å². The molecular formula is C51H30N4O2. The Morgan fingerprint density at radius 1 is 0.333 bits per heavy atom. The molecule has 6 heteroatoms. The first-order chi connectivity index (χ1) is 28.2. The van der Waals surface area contributed by atoms with Crippen molar-refractivity contribution in [3.63, 3.8) is 0 Å². The van der Waals surface area contributed by atoms with E-state index in [9.17, 15) is 0 Å². The van der Waals surface area contributed by atoms with Gasteiger partial charge >= 0.3 is 0 Å². The van der Waals surface area contributed by atoms with Gasteiger partial charge in [-0.25, -0.2) is 15.0 Å². The Balaban J connectivity index is 0.982. The Kier molecular flexibility index (Phi) is 6.83. The summed E-state index contributed by atoms with van der Waals surface area (Å²) in [6.07, 6.45) is 0. The summed E-state index contributed by atoms with van der Waals surface area (Å²) < 4.78 is 15.3. The van der Waals surface area contributed by atoms with Gasteiger partial charge < -0.3 is 13.4 Å². The normalized spacial score (nSPS) is 11.9. The molecule has 57 heavy (non-hydrogen) atoms. The van der Waals surface area contributed by atoms with Gasteiger partial charge in [0.05, 0.1) is 11.0 Å². The van der Waals surface area contributed by atoms with Crippen LogP contribution < -0.4 is 0 Å². The molecule has 0 fully saturated rings. The quantitative estimate of drug-likeness (QED) is 0.176. The number of hydrogen-bond acceptors (Lipinski definition) is 5. The largest absolute Gasteiger partial charge is 0.456 e. The molecule has 266 valence electrons. The number of fused-ring (bicyclic) bond motifs is 9. The topological polar surface area (TPSA) is 69.9 Å². The SMILES string of the molecule is c1ccc(-c2nc(-c3cccc(-n4c5ccccc5c5ccccc54)c3)nc(-c3ccc4c(c3)oc3cc(-c5cccc6c5oc5ccccc56)ccc34)n2)cc1. The van der Waals surface area contributed by atoms with Crippen molar-refractivity contribution in [2.75, 3.05) is 0 Å². The van der Waals surface area contributed by atoms with Gasteiger partial charge in [-0.05, 0) is 60.2 Å². The van der Waals surface area contributed by atoms with E-state index in [0.717, 1.165) is 88.4 Å². The highest BCUT2D eigenvalue weighted by Gasteiger charge is 2.18. The van der Waals surface area contributed by atoms with Crippen LogP contribution >= 0.6 is 0 Å². The predicted molar refractivity (Wildman–Crippen MR) is 230 cm³/mol. The van der Waals surface area contributed by atoms with E-state index in [2.05, 4.69) is 132 Å². The number of benzene rings is 8. The Labute approximate surface area is 325 Å². The van der Waals surface area contributed by atoms with Crippen LogP contribution in [-0.2, 0) is 0 Å². The van der Waals surface area contributed by atoms with E-state index < -0.39 is 0 Å². The van der Waals surface area contributed by atoms with E-state index in [4.69, 9.17) is 23.8 Å². The van der Waals surface area contributed by atoms with E-state index >= 15 is 0 Å². The Bertz CT molecular complexity index is 3490. The molecule has 0 unspecified atom stereocenters. The molecule has 6 nitrogen and oxygen atoms in total. The summed E-state index contributed by atoms with van der Waals surface area (Å²) >= 11 is 0. The van der Waals surface area contributed by atoms with Crippen LogP contribution in [0.25, 0.3) is 117 Å². The van der Waals surface area contributed by atoms with Crippen LogP contribution in [0, 0.1) is 0 Å². The molecule has 12 aromatic rings. The standard InChI is InChI=1S/C51H30N4O2/c1-2-12-31(13-3-1)49-52-50(33-14-10-15-35(28-33)55-43-21-7-4-16-37(43)38-17-5-8-22-44(38)55)54-51(53-49)34-25-27-41-40-26-24-32(29-46(40)56-47(41)30-34)36-19-11-20-42-39-18-6-9-23-45(39)57-48(36)42/h1-30H. The van der Waals surface area contributed by atoms with E-state index in [1.165, 1.54) is 10.8 Å². The van der Waals surface area contributed by atoms with Gasteiger partial charge in [0.1, 0.15) is 22.3 Å². The number of nitrogens with zero attached hydrogens (tertiary/aromatic N) is 4. The first kappa shape index (κ1) is 31.5. The summed E-state index contributed by atoms with van der Waals surface area (Å²) in [5, 5.41) is 6.71. The zero-order chi connectivity index (χ0) is 37.5. The molecule has 0 atom stereocenters. The average molecular weight is 731 g/mol. The average Bonchev–Trinajstić information content (AvgIpc) is 3.95. The number of hydrogen-bond donors (Lipinski definition) is 0. The first-order valence-electron chi connectivity index (χ1n) is 19.0. The molecule has 0 spiro atoms. The van der Waals surface area contributed by atoms with Crippen molar-refractivity contribution in [1.82, 2.24) is 19.5 Å². The maximum absolute atomic E-state index is 6.60. The van der Waals surface area contributed by atoms with Crippen LogP contribution in [0.1, 0.15) is 0 Å². The highest BCUT2D eigenvalue weighted by atomic mass is 16.3. The fraction of sp³-hybridized carbons (Fsp3) is 0. The second kappa shape index (κ2) is 12.3. The minimum Gasteiger partial charge on any atom is -0.456 e. The predicted octanol–water partition coefficient (Wildman–Crippen LogP) is 13.4. The van der Waals surface area contributed by atoms with Crippen LogP contribution in [0.5, 0.6) is 0 Å². The van der Waals surface area contributed by atoms with Crippen molar-refractivity contribution in [2.24, 2.45) is 0 Å². The van der Waals surface area contributed by atoms with Crippen molar-refractivity contribution in [2.45, 2.75) is 0 Å². The maximum atomic E-state index is 6.60. The van der Waals surface area contributed by atoms with Gasteiger partial charge in [-0.15, -0.1) is 0 Å². The van der Waals surface area contributed by atoms with Crippen molar-refractivity contribution in [1.29, 1.82) is 0 Å². The van der Waals surface area contributed by atoms with E-state index in [0.29, 0.717) is 17.5 Å². The summed E-state index contributed by atoms with van der Waals surface area (Å²) in [6, 6.07) is 62.7. The van der Waals surface area contributed by atoms with Crippen LogP contribution in [0.15, 0.2) is 191 Å². The molecule has 0 saturated carbocycles. The highest BCUT2D eigenvalue weighted by molar-refractivity contribution is 6.12. The lowest BCUT2D eigenvalue weighted by Gasteiger charge is -2.11. The van der Waals surface area contributed by atoms with E-state index in [1.54, 1.807) is 0 Å². The molecule has 4 heterocycles. The molecule has 0 aliphatic rings. The number of para-hydroxylation sites is 4. The van der Waals surface area contributed by atoms with Crippen molar-refractivity contribution in [3.8, 4) is 51.0 Å². The zero-order valence-electron chi connectivity index (χ0n) is 30.4. The summed E-state index contributed by atoms with van der Waals surface area (Å²) in [5.74, 6) is 1.77. The van der Waals surface area contributed by atoms with Gasteiger partial charge in [-0.2, -0.15) is 0 Å². The highest BCUT2D eigenvalue weighted by Crippen LogP contribution is 2.39. The van der Waals surface area contributed by atoms with Gasteiger partial charge in [0.15, 0.2) is 17.5 Å². The maximum Gasteiger partial charge on any atom is 0.164 e. The summed E-state index contributed by atoms with van der Waals surface area (Å²) in [7, 11) is 0. The molecule has 4 aromatic heterocycles. The zero-order valence-corrected chi connectivity index (χ0v) is 30.4. The molecule has 12 rings (SSSR count). The van der Waals surface area contributed by atoms with Gasteiger partial charge in [-0.3, -0.25) is 0 Å². The Hall–Kier alpha value is -7.83. The molecule has 0 aliphatic heterocycles. The molecular weight excluding hydrogens is 701 g/mol. The lowest BCUT2D eigenvalue weighted by Crippen LogP contribution is -2.01. The lowest BCUT2D eigenvalue weighted by atomic mass is 10.0.